The van der Waals surface area contributed by atoms with Crippen LogP contribution in [0.1, 0.15) is 72.8 Å². The number of carbonyl (C=O) groups is 2. The number of hydrogen-bond acceptors (Lipinski definition) is 8. The molecule has 2 saturated heterocycles. The number of hydrogen-bond donors (Lipinski definition) is 4. The average molecular weight is 999 g/mol. The highest BCUT2D eigenvalue weighted by molar-refractivity contribution is 7.89. The van der Waals surface area contributed by atoms with Gasteiger partial charge in [-0.2, -0.15) is 48.1 Å². The molecule has 3 aliphatic rings. The quantitative estimate of drug-likeness (QED) is 0.120. The molecule has 2 fully saturated rings. The van der Waals surface area contributed by atoms with E-state index in [2.05, 4.69) is 16.0 Å². The van der Waals surface area contributed by atoms with Crippen molar-refractivity contribution in [3.63, 3.8) is 0 Å². The zero-order chi connectivity index (χ0) is 49.1. The van der Waals surface area contributed by atoms with Crippen LogP contribution in [0.15, 0.2) is 79.7 Å². The van der Waals surface area contributed by atoms with Crippen molar-refractivity contribution in [2.75, 3.05) is 42.1 Å². The minimum absolute atomic E-state index is 0.109. The summed E-state index contributed by atoms with van der Waals surface area (Å²) in [6, 6.07) is 10.4. The van der Waals surface area contributed by atoms with E-state index in [1.165, 1.54) is 55.8 Å². The van der Waals surface area contributed by atoms with Gasteiger partial charge in [0, 0.05) is 44.0 Å². The van der Waals surface area contributed by atoms with Crippen molar-refractivity contribution < 1.29 is 74.8 Å². The second-order valence-electron chi connectivity index (χ2n) is 16.2. The third kappa shape index (κ3) is 12.4. The molecule has 67 heavy (non-hydrogen) atoms. The Kier molecular flexibility index (Phi) is 15.4. The number of fused-ring (bicyclic) bond motifs is 1. The third-order valence-electron chi connectivity index (χ3n) is 11.7. The maximum atomic E-state index is 13.4. The van der Waals surface area contributed by atoms with E-state index in [0.717, 1.165) is 45.9 Å². The first kappa shape index (κ1) is 51.1. The summed E-state index contributed by atoms with van der Waals surface area (Å²) in [6.45, 7) is 1.56. The van der Waals surface area contributed by atoms with Gasteiger partial charge in [-0.3, -0.25) is 0 Å². The molecule has 368 valence electrons. The number of furan rings is 2. The SMILES string of the molecule is Cc1oc(S(=O)(=O)N2CCC(C(F)(F)F)CC2)cc1NC(=O)NC(c1ccccc1)C(F)(F)F.Cc1oc(S(=O)(=O)N2CCC(C(F)(F)F)CC2)cc1NC(=O)Nc1cccc2c1CCCC2. The molecule has 4 N–H and O–H groups in total. The molecule has 0 radical (unpaired) electrons. The lowest BCUT2D eigenvalue weighted by Crippen LogP contribution is -2.42. The number of piperidine rings is 2. The highest BCUT2D eigenvalue weighted by Gasteiger charge is 2.46. The fraction of sp³-hybridized carbons (Fsp3) is 0.476. The second kappa shape index (κ2) is 20.1. The lowest BCUT2D eigenvalue weighted by atomic mass is 9.90. The highest BCUT2D eigenvalue weighted by atomic mass is 32.2. The molecule has 1 aliphatic carbocycles. The maximum absolute atomic E-state index is 13.4. The number of halogens is 9. The summed E-state index contributed by atoms with van der Waals surface area (Å²) in [5.74, 6) is -3.04. The van der Waals surface area contributed by atoms with Crippen LogP contribution in [0.5, 0.6) is 0 Å². The third-order valence-corrected chi connectivity index (χ3v) is 15.2. The van der Waals surface area contributed by atoms with E-state index in [1.807, 2.05) is 18.2 Å². The van der Waals surface area contributed by atoms with Crippen molar-refractivity contribution in [1.29, 1.82) is 0 Å². The smallest absolute Gasteiger partial charge is 0.412 e. The van der Waals surface area contributed by atoms with Gasteiger partial charge in [0.25, 0.3) is 20.0 Å². The summed E-state index contributed by atoms with van der Waals surface area (Å²) < 4.78 is 181. The normalized spacial score (nSPS) is 17.7. The van der Waals surface area contributed by atoms with Gasteiger partial charge in [-0.05, 0) is 88.0 Å². The zero-order valence-corrected chi connectivity index (χ0v) is 37.5. The molecular formula is C42H47F9N6O8S2. The molecule has 1 atom stereocenters. The topological polar surface area (TPSA) is 183 Å². The summed E-state index contributed by atoms with van der Waals surface area (Å²) >= 11 is 0. The lowest BCUT2D eigenvalue weighted by molar-refractivity contribution is -0.183. The van der Waals surface area contributed by atoms with E-state index >= 15 is 0 Å². The largest absolute Gasteiger partial charge is 0.446 e. The molecule has 0 spiro atoms. The van der Waals surface area contributed by atoms with Gasteiger partial charge < -0.3 is 30.1 Å². The Hall–Kier alpha value is -5.27. The number of carbonyl (C=O) groups excluding carboxylic acids is 2. The van der Waals surface area contributed by atoms with Crippen LogP contribution in [0.3, 0.4) is 0 Å². The highest BCUT2D eigenvalue weighted by Crippen LogP contribution is 2.39. The fourth-order valence-corrected chi connectivity index (χ4v) is 10.9. The van der Waals surface area contributed by atoms with Gasteiger partial charge in [-0.25, -0.2) is 26.4 Å². The summed E-state index contributed by atoms with van der Waals surface area (Å²) in [5, 5.41) is 8.31. The van der Waals surface area contributed by atoms with E-state index in [-0.39, 0.29) is 67.5 Å². The van der Waals surface area contributed by atoms with E-state index in [1.54, 1.807) is 5.32 Å². The monoisotopic (exact) mass is 998 g/mol. The first-order valence-corrected chi connectivity index (χ1v) is 23.9. The zero-order valence-electron chi connectivity index (χ0n) is 35.9. The van der Waals surface area contributed by atoms with Crippen molar-refractivity contribution in [2.24, 2.45) is 11.8 Å². The van der Waals surface area contributed by atoms with E-state index in [9.17, 15) is 65.9 Å². The van der Waals surface area contributed by atoms with Crippen molar-refractivity contribution in [3.05, 3.63) is 88.9 Å². The van der Waals surface area contributed by atoms with Gasteiger partial charge in [0.1, 0.15) is 11.5 Å². The van der Waals surface area contributed by atoms with Gasteiger partial charge in [0.05, 0.1) is 23.2 Å². The number of benzene rings is 2. The molecule has 0 bridgehead atoms. The number of rotatable bonds is 9. The Morgan fingerprint density at radius 3 is 1.52 bits per heavy atom. The molecule has 2 aromatic heterocycles. The summed E-state index contributed by atoms with van der Waals surface area (Å²) in [6.07, 6.45) is -11.0. The average Bonchev–Trinajstić information content (AvgIpc) is 3.83. The van der Waals surface area contributed by atoms with Crippen molar-refractivity contribution in [3.8, 4) is 0 Å². The molecule has 0 saturated carbocycles. The van der Waals surface area contributed by atoms with Crippen LogP contribution >= 0.6 is 0 Å². The van der Waals surface area contributed by atoms with Gasteiger partial charge >= 0.3 is 30.6 Å². The first-order chi connectivity index (χ1) is 31.2. The number of amides is 4. The Morgan fingerprint density at radius 2 is 1.06 bits per heavy atom. The summed E-state index contributed by atoms with van der Waals surface area (Å²) in [7, 11) is -8.42. The fourth-order valence-electron chi connectivity index (χ4n) is 7.98. The van der Waals surface area contributed by atoms with Crippen LogP contribution in [0, 0.1) is 25.7 Å². The van der Waals surface area contributed by atoms with Crippen LogP contribution in [0.2, 0.25) is 0 Å². The number of aryl methyl sites for hydroxylation is 3. The predicted octanol–water partition coefficient (Wildman–Crippen LogP) is 10.0. The minimum atomic E-state index is -4.80. The maximum Gasteiger partial charge on any atom is 0.412 e. The molecule has 7 rings (SSSR count). The van der Waals surface area contributed by atoms with E-state index < -0.39 is 91.5 Å². The molecular weight excluding hydrogens is 952 g/mol. The number of sulfonamides is 2. The number of nitrogens with one attached hydrogen (secondary N) is 4. The van der Waals surface area contributed by atoms with Crippen LogP contribution in [0.25, 0.3) is 0 Å². The molecule has 2 aromatic carbocycles. The number of anilines is 3. The van der Waals surface area contributed by atoms with Gasteiger partial charge in [0.2, 0.25) is 10.2 Å². The molecule has 4 heterocycles. The van der Waals surface area contributed by atoms with E-state index in [0.29, 0.717) is 5.69 Å². The summed E-state index contributed by atoms with van der Waals surface area (Å²) in [4.78, 5) is 24.8. The Balaban J connectivity index is 0.000000221. The lowest BCUT2D eigenvalue weighted by Gasteiger charge is -2.31. The Morgan fingerprint density at radius 1 is 0.612 bits per heavy atom. The standard InChI is InChI=1S/C22H26F3N3O4S.C20H21F6N3O4S/c1-14-19(27-21(29)26-18-8-4-6-15-5-2-3-7-17(15)18)13-20(32-14)33(30,31)28-11-9-16(10-12-28)22(23,24)25;1-12-15(27-18(30)28-17(20(24,25)26)13-5-3-2-4-6-13)11-16(33-12)34(31,32)29-9-7-14(8-10-29)19(21,22)23/h4,6,8,13,16H,2-3,5,7,9-12H2,1H3,(H2,26,27,29);2-6,11,14,17H,7-10H2,1H3,(H2,27,28,30). The number of alkyl halides is 9. The Labute approximate surface area is 379 Å². The predicted molar refractivity (Wildman–Crippen MR) is 225 cm³/mol. The Bertz CT molecular complexity index is 2600. The van der Waals surface area contributed by atoms with Crippen LogP contribution in [-0.2, 0) is 32.9 Å². The van der Waals surface area contributed by atoms with Crippen LogP contribution in [-0.4, -0.2) is 82.2 Å². The first-order valence-electron chi connectivity index (χ1n) is 21.0. The van der Waals surface area contributed by atoms with Crippen molar-refractivity contribution >= 4 is 49.2 Å². The molecule has 14 nitrogen and oxygen atoms in total. The van der Waals surface area contributed by atoms with Crippen molar-refractivity contribution in [1.82, 2.24) is 13.9 Å². The minimum Gasteiger partial charge on any atom is -0.446 e. The van der Waals surface area contributed by atoms with Gasteiger partial charge in [0.15, 0.2) is 6.04 Å². The van der Waals surface area contributed by atoms with Crippen molar-refractivity contribution in [2.45, 2.75) is 100.0 Å². The molecule has 4 aromatic rings. The summed E-state index contributed by atoms with van der Waals surface area (Å²) in [5.41, 5.74) is 2.80. The number of nitrogens with zero attached hydrogens (tertiary/aromatic N) is 2. The molecule has 25 heteroatoms. The second-order valence-corrected chi connectivity index (χ2v) is 20.0. The van der Waals surface area contributed by atoms with Crippen LogP contribution in [0.4, 0.5) is 66.2 Å². The van der Waals surface area contributed by atoms with E-state index in [4.69, 9.17) is 8.83 Å². The van der Waals surface area contributed by atoms with Gasteiger partial charge in [-0.15, -0.1) is 0 Å². The molecule has 2 aliphatic heterocycles. The molecule has 1 unspecified atom stereocenters. The number of urea groups is 2. The van der Waals surface area contributed by atoms with Crippen LogP contribution < -0.4 is 21.3 Å². The van der Waals surface area contributed by atoms with Gasteiger partial charge in [-0.1, -0.05) is 42.5 Å². The molecule has 4 amide bonds.